The zero-order valence-corrected chi connectivity index (χ0v) is 8.87. The lowest BCUT2D eigenvalue weighted by Gasteiger charge is -2.08. The quantitative estimate of drug-likeness (QED) is 0.546. The van der Waals surface area contributed by atoms with Gasteiger partial charge in [0, 0.05) is 4.48 Å². The van der Waals surface area contributed by atoms with Crippen LogP contribution in [-0.2, 0) is 4.79 Å². The highest BCUT2D eigenvalue weighted by atomic mass is 79.9. The van der Waals surface area contributed by atoms with Crippen molar-refractivity contribution in [3.63, 3.8) is 0 Å². The number of rotatable bonds is 5. The molecule has 80 valence electrons. The van der Waals surface area contributed by atoms with Gasteiger partial charge in [0.05, 0.1) is 13.1 Å². The summed E-state index contributed by atoms with van der Waals surface area (Å²) in [6.07, 6.45) is -1.59. The monoisotopic (exact) mass is 266 g/mol. The Morgan fingerprint density at radius 1 is 1.43 bits per heavy atom. The molecule has 0 rings (SSSR count). The predicted octanol–water partition coefficient (Wildman–Crippen LogP) is -0.360. The van der Waals surface area contributed by atoms with Crippen molar-refractivity contribution >= 4 is 27.9 Å². The lowest BCUT2D eigenvalue weighted by Crippen LogP contribution is -2.42. The Kier molecular flexibility index (Phi) is 5.89. The summed E-state index contributed by atoms with van der Waals surface area (Å²) >= 11 is 3.03. The Morgan fingerprint density at radius 2 is 2.00 bits per heavy atom. The highest BCUT2D eigenvalue weighted by molar-refractivity contribution is 9.11. The number of carboxylic acid groups (broad SMARTS) is 1. The highest BCUT2D eigenvalue weighted by Crippen LogP contribution is 1.95. The number of halogens is 1. The first-order valence-corrected chi connectivity index (χ1v) is 4.48. The summed E-state index contributed by atoms with van der Waals surface area (Å²) in [5, 5.41) is 21.6. The fourth-order valence-electron chi connectivity index (χ4n) is 0.515. The second-order valence-electron chi connectivity index (χ2n) is 2.43. The molecule has 14 heavy (non-hydrogen) atoms. The molecule has 0 aromatic carbocycles. The number of carbonyl (C=O) groups excluding carboxylic acids is 1. The van der Waals surface area contributed by atoms with Crippen LogP contribution in [0.1, 0.15) is 0 Å². The van der Waals surface area contributed by atoms with E-state index in [1.54, 1.807) is 0 Å². The largest absolute Gasteiger partial charge is 0.479 e. The van der Waals surface area contributed by atoms with Crippen molar-refractivity contribution in [3.8, 4) is 0 Å². The molecule has 1 atom stereocenters. The van der Waals surface area contributed by atoms with E-state index >= 15 is 0 Å². The molecule has 4 N–H and O–H groups in total. The second kappa shape index (κ2) is 6.39. The van der Waals surface area contributed by atoms with Gasteiger partial charge >= 0.3 is 12.0 Å². The second-order valence-corrected chi connectivity index (χ2v) is 3.56. The van der Waals surface area contributed by atoms with Gasteiger partial charge in [-0.1, -0.05) is 22.5 Å². The third-order valence-electron chi connectivity index (χ3n) is 1.18. The Labute approximate surface area is 89.1 Å². The summed E-state index contributed by atoms with van der Waals surface area (Å²) < 4.78 is 0.589. The molecule has 0 radical (unpaired) electrons. The topological polar surface area (TPSA) is 98.7 Å². The van der Waals surface area contributed by atoms with Crippen LogP contribution in [0.3, 0.4) is 0 Å². The van der Waals surface area contributed by atoms with Gasteiger partial charge in [-0.05, 0) is 0 Å². The molecule has 0 aromatic rings. The number of aliphatic hydroxyl groups is 1. The van der Waals surface area contributed by atoms with Gasteiger partial charge in [-0.3, -0.25) is 0 Å². The molecule has 0 aliphatic heterocycles. The van der Waals surface area contributed by atoms with E-state index in [-0.39, 0.29) is 13.1 Å². The van der Waals surface area contributed by atoms with Crippen molar-refractivity contribution in [2.45, 2.75) is 6.10 Å². The van der Waals surface area contributed by atoms with E-state index in [2.05, 4.69) is 33.1 Å². The molecule has 2 amide bonds. The van der Waals surface area contributed by atoms with Crippen molar-refractivity contribution in [3.05, 3.63) is 11.1 Å². The number of amides is 2. The number of carboxylic acids is 1. The maximum Gasteiger partial charge on any atom is 0.334 e. The molecule has 0 saturated heterocycles. The first-order valence-electron chi connectivity index (χ1n) is 3.69. The van der Waals surface area contributed by atoms with Gasteiger partial charge in [-0.25, -0.2) is 9.59 Å². The number of nitrogens with one attached hydrogen (secondary N) is 2. The van der Waals surface area contributed by atoms with E-state index in [4.69, 9.17) is 10.2 Å². The normalized spacial score (nSPS) is 11.6. The van der Waals surface area contributed by atoms with Crippen LogP contribution in [0.15, 0.2) is 11.1 Å². The van der Waals surface area contributed by atoms with Crippen LogP contribution in [-0.4, -0.2) is 41.4 Å². The first kappa shape index (κ1) is 12.9. The van der Waals surface area contributed by atoms with Gasteiger partial charge in [-0.2, -0.15) is 0 Å². The number of hydrogen-bond acceptors (Lipinski definition) is 3. The van der Waals surface area contributed by atoms with E-state index in [1.165, 1.54) is 0 Å². The minimum Gasteiger partial charge on any atom is -0.479 e. The van der Waals surface area contributed by atoms with Crippen LogP contribution >= 0.6 is 15.9 Å². The van der Waals surface area contributed by atoms with Gasteiger partial charge in [0.2, 0.25) is 0 Å². The van der Waals surface area contributed by atoms with E-state index in [0.29, 0.717) is 4.48 Å². The van der Waals surface area contributed by atoms with Gasteiger partial charge in [0.1, 0.15) is 0 Å². The molecular formula is C7H11BrN2O4. The maximum absolute atomic E-state index is 10.9. The van der Waals surface area contributed by atoms with Crippen molar-refractivity contribution in [2.75, 3.05) is 13.1 Å². The highest BCUT2D eigenvalue weighted by Gasteiger charge is 2.13. The van der Waals surface area contributed by atoms with Crippen LogP contribution in [0.2, 0.25) is 0 Å². The zero-order chi connectivity index (χ0) is 11.1. The van der Waals surface area contributed by atoms with Gasteiger partial charge < -0.3 is 20.8 Å². The SMILES string of the molecule is C=C(Br)CNC(=O)NC[C@H](O)C(=O)O. The van der Waals surface area contributed by atoms with Crippen molar-refractivity contribution in [1.82, 2.24) is 10.6 Å². The van der Waals surface area contributed by atoms with Crippen LogP contribution < -0.4 is 10.6 Å². The molecule has 0 spiro atoms. The van der Waals surface area contributed by atoms with Crippen molar-refractivity contribution in [2.24, 2.45) is 0 Å². The number of hydrogen-bond donors (Lipinski definition) is 4. The number of aliphatic carboxylic acids is 1. The lowest BCUT2D eigenvalue weighted by molar-refractivity contribution is -0.146. The van der Waals surface area contributed by atoms with Crippen LogP contribution in [0.25, 0.3) is 0 Å². The zero-order valence-electron chi connectivity index (χ0n) is 7.29. The molecule has 0 aromatic heterocycles. The predicted molar refractivity (Wildman–Crippen MR) is 53.1 cm³/mol. The number of urea groups is 1. The first-order chi connectivity index (χ1) is 6.43. The van der Waals surface area contributed by atoms with E-state index < -0.39 is 18.1 Å². The molecule has 7 heteroatoms. The van der Waals surface area contributed by atoms with Gasteiger partial charge in [0.25, 0.3) is 0 Å². The Hall–Kier alpha value is -1.08. The molecule has 0 unspecified atom stereocenters. The number of carbonyl (C=O) groups is 2. The molecule has 0 aliphatic rings. The Morgan fingerprint density at radius 3 is 2.43 bits per heavy atom. The summed E-state index contributed by atoms with van der Waals surface area (Å²) in [5.74, 6) is -1.38. The Balaban J connectivity index is 3.64. The smallest absolute Gasteiger partial charge is 0.334 e. The van der Waals surface area contributed by atoms with E-state index in [1.807, 2.05) is 0 Å². The average Bonchev–Trinajstić information content (AvgIpc) is 2.10. The fourth-order valence-corrected chi connectivity index (χ4v) is 0.656. The minimum atomic E-state index is -1.59. The summed E-state index contributed by atoms with van der Waals surface area (Å²) in [6, 6.07) is -0.564. The Bertz CT molecular complexity index is 244. The summed E-state index contributed by atoms with van der Waals surface area (Å²) in [4.78, 5) is 21.0. The fraction of sp³-hybridized carbons (Fsp3) is 0.429. The average molecular weight is 267 g/mol. The summed E-state index contributed by atoms with van der Waals surface area (Å²) in [5.41, 5.74) is 0. The molecule has 0 heterocycles. The molecular weight excluding hydrogens is 256 g/mol. The van der Waals surface area contributed by atoms with Crippen molar-refractivity contribution in [1.29, 1.82) is 0 Å². The van der Waals surface area contributed by atoms with Gasteiger partial charge in [-0.15, -0.1) is 0 Å². The van der Waals surface area contributed by atoms with Crippen LogP contribution in [0.5, 0.6) is 0 Å². The minimum absolute atomic E-state index is 0.231. The van der Waals surface area contributed by atoms with E-state index in [0.717, 1.165) is 0 Å². The van der Waals surface area contributed by atoms with E-state index in [9.17, 15) is 9.59 Å². The molecule has 6 nitrogen and oxygen atoms in total. The van der Waals surface area contributed by atoms with Crippen LogP contribution in [0, 0.1) is 0 Å². The summed E-state index contributed by atoms with van der Waals surface area (Å²) in [7, 11) is 0. The standard InChI is InChI=1S/C7H11BrN2O4/c1-4(8)2-9-7(14)10-3-5(11)6(12)13/h5,11H,1-3H2,(H,12,13)(H2,9,10,14)/t5-/m0/s1. The molecule has 0 fully saturated rings. The third kappa shape index (κ3) is 6.44. The molecule has 0 bridgehead atoms. The number of aliphatic hydroxyl groups excluding tert-OH is 1. The molecule has 0 saturated carbocycles. The molecule has 0 aliphatic carbocycles. The van der Waals surface area contributed by atoms with Crippen LogP contribution in [0.4, 0.5) is 4.79 Å². The third-order valence-corrected chi connectivity index (χ3v) is 1.46. The van der Waals surface area contributed by atoms with Gasteiger partial charge in [0.15, 0.2) is 6.10 Å². The summed E-state index contributed by atoms with van der Waals surface area (Å²) in [6.45, 7) is 3.37. The van der Waals surface area contributed by atoms with Crippen molar-refractivity contribution < 1.29 is 19.8 Å². The lowest BCUT2D eigenvalue weighted by atomic mass is 10.4. The maximum atomic E-state index is 10.9.